The molecule has 0 bridgehead atoms. The van der Waals surface area contributed by atoms with E-state index in [9.17, 15) is 4.79 Å². The van der Waals surface area contributed by atoms with Gasteiger partial charge in [-0.3, -0.25) is 4.79 Å². The number of hydrogen-bond donors (Lipinski definition) is 2. The van der Waals surface area contributed by atoms with Gasteiger partial charge in [0, 0.05) is 17.9 Å². The summed E-state index contributed by atoms with van der Waals surface area (Å²) in [6.07, 6.45) is 3.73. The number of rotatable bonds is 5. The number of para-hydroxylation sites is 1. The van der Waals surface area contributed by atoms with Crippen LogP contribution in [0.25, 0.3) is 0 Å². The van der Waals surface area contributed by atoms with E-state index in [0.717, 1.165) is 29.7 Å². The van der Waals surface area contributed by atoms with E-state index < -0.39 is 0 Å². The molecular weight excluding hydrogens is 262 g/mol. The lowest BCUT2D eigenvalue weighted by Crippen LogP contribution is -2.19. The average molecular weight is 283 g/mol. The maximum absolute atomic E-state index is 12.3. The average Bonchev–Trinajstić information content (AvgIpc) is 3.25. The third kappa shape index (κ3) is 3.85. The van der Waals surface area contributed by atoms with Crippen LogP contribution in [-0.4, -0.2) is 11.9 Å². The van der Waals surface area contributed by atoms with Crippen molar-refractivity contribution in [3.8, 4) is 6.07 Å². The van der Waals surface area contributed by atoms with Crippen LogP contribution in [0.2, 0.25) is 0 Å². The predicted octanol–water partition coefficient (Wildman–Crippen LogP) is 3.22. The lowest BCUT2D eigenvalue weighted by molar-refractivity contribution is -0.112. The van der Waals surface area contributed by atoms with Crippen LogP contribution in [0.15, 0.2) is 30.0 Å². The second kappa shape index (κ2) is 6.45. The van der Waals surface area contributed by atoms with Gasteiger partial charge in [0.1, 0.15) is 11.6 Å². The molecule has 1 aromatic rings. The van der Waals surface area contributed by atoms with E-state index in [1.807, 2.05) is 31.2 Å². The van der Waals surface area contributed by atoms with Gasteiger partial charge in [-0.2, -0.15) is 5.26 Å². The molecule has 21 heavy (non-hydrogen) atoms. The molecule has 1 aliphatic carbocycles. The van der Waals surface area contributed by atoms with Gasteiger partial charge in [-0.15, -0.1) is 0 Å². The van der Waals surface area contributed by atoms with Crippen molar-refractivity contribution in [3.63, 3.8) is 0 Å². The highest BCUT2D eigenvalue weighted by molar-refractivity contribution is 6.07. The quantitative estimate of drug-likeness (QED) is 0.644. The Labute approximate surface area is 125 Å². The van der Waals surface area contributed by atoms with Crippen molar-refractivity contribution in [1.82, 2.24) is 5.32 Å². The van der Waals surface area contributed by atoms with Crippen LogP contribution < -0.4 is 10.6 Å². The number of carbonyl (C=O) groups is 1. The summed E-state index contributed by atoms with van der Waals surface area (Å²) in [4.78, 5) is 12.3. The zero-order valence-corrected chi connectivity index (χ0v) is 12.7. The second-order valence-electron chi connectivity index (χ2n) is 5.76. The molecule has 0 aromatic heterocycles. The van der Waals surface area contributed by atoms with E-state index in [2.05, 4.69) is 24.5 Å². The number of anilines is 1. The lowest BCUT2D eigenvalue weighted by atomic mass is 9.98. The van der Waals surface area contributed by atoms with Crippen molar-refractivity contribution < 1.29 is 4.79 Å². The van der Waals surface area contributed by atoms with Gasteiger partial charge in [0.05, 0.1) is 0 Å². The van der Waals surface area contributed by atoms with E-state index >= 15 is 0 Å². The van der Waals surface area contributed by atoms with Crippen LogP contribution in [-0.2, 0) is 4.79 Å². The van der Waals surface area contributed by atoms with E-state index in [-0.39, 0.29) is 11.5 Å². The van der Waals surface area contributed by atoms with Crippen LogP contribution >= 0.6 is 0 Å². The van der Waals surface area contributed by atoms with Crippen LogP contribution in [0, 0.1) is 18.3 Å². The highest BCUT2D eigenvalue weighted by Crippen LogP contribution is 2.27. The SMILES string of the molecule is Cc1cccc(C(C)C)c1NC(=O)/C(C#N)=C\NC1CC1. The Morgan fingerprint density at radius 2 is 2.14 bits per heavy atom. The number of amides is 1. The molecule has 1 amide bonds. The molecule has 4 heteroatoms. The number of nitrogens with one attached hydrogen (secondary N) is 2. The number of hydrogen-bond acceptors (Lipinski definition) is 3. The van der Waals surface area contributed by atoms with Gasteiger partial charge in [0.25, 0.3) is 5.91 Å². The van der Waals surface area contributed by atoms with E-state index in [0.29, 0.717) is 12.0 Å². The molecule has 4 nitrogen and oxygen atoms in total. The lowest BCUT2D eigenvalue weighted by Gasteiger charge is -2.16. The molecule has 0 atom stereocenters. The van der Waals surface area contributed by atoms with Crippen molar-refractivity contribution in [2.45, 2.75) is 45.6 Å². The van der Waals surface area contributed by atoms with Gasteiger partial charge in [-0.1, -0.05) is 32.0 Å². The zero-order valence-electron chi connectivity index (χ0n) is 12.7. The van der Waals surface area contributed by atoms with E-state index in [1.165, 1.54) is 6.20 Å². The third-order valence-electron chi connectivity index (χ3n) is 3.57. The molecule has 0 aliphatic heterocycles. The van der Waals surface area contributed by atoms with Crippen LogP contribution in [0.3, 0.4) is 0 Å². The summed E-state index contributed by atoms with van der Waals surface area (Å²) < 4.78 is 0. The van der Waals surface area contributed by atoms with Gasteiger partial charge in [0.2, 0.25) is 0 Å². The smallest absolute Gasteiger partial charge is 0.267 e. The minimum atomic E-state index is -0.359. The van der Waals surface area contributed by atoms with Gasteiger partial charge >= 0.3 is 0 Å². The summed E-state index contributed by atoms with van der Waals surface area (Å²) in [5, 5.41) is 15.1. The fourth-order valence-electron chi connectivity index (χ4n) is 2.12. The molecule has 1 saturated carbocycles. The molecule has 1 aromatic carbocycles. The van der Waals surface area contributed by atoms with Crippen LogP contribution in [0.4, 0.5) is 5.69 Å². The standard InChI is InChI=1S/C17H21N3O/c1-11(2)15-6-4-5-12(3)16(15)20-17(21)13(9-18)10-19-14-7-8-14/h4-6,10-11,14,19H,7-8H2,1-3H3,(H,20,21)/b13-10-. The van der Waals surface area contributed by atoms with Crippen molar-refractivity contribution >= 4 is 11.6 Å². The molecule has 0 saturated heterocycles. The first-order valence-corrected chi connectivity index (χ1v) is 7.30. The number of benzene rings is 1. The van der Waals surface area contributed by atoms with Gasteiger partial charge in [-0.05, 0) is 36.8 Å². The summed E-state index contributed by atoms with van der Waals surface area (Å²) >= 11 is 0. The molecule has 2 rings (SSSR count). The van der Waals surface area contributed by atoms with Crippen molar-refractivity contribution in [1.29, 1.82) is 5.26 Å². The van der Waals surface area contributed by atoms with Gasteiger partial charge in [0.15, 0.2) is 0 Å². The first-order chi connectivity index (χ1) is 10.0. The number of aryl methyl sites for hydroxylation is 1. The Morgan fingerprint density at radius 3 is 2.71 bits per heavy atom. The van der Waals surface area contributed by atoms with Crippen LogP contribution in [0.1, 0.15) is 43.7 Å². The molecule has 0 spiro atoms. The maximum Gasteiger partial charge on any atom is 0.267 e. The fourth-order valence-corrected chi connectivity index (χ4v) is 2.12. The summed E-state index contributed by atoms with van der Waals surface area (Å²) in [6, 6.07) is 8.33. The summed E-state index contributed by atoms with van der Waals surface area (Å²) in [5.41, 5.74) is 3.00. The molecular formula is C17H21N3O. The number of nitrogens with zero attached hydrogens (tertiary/aromatic N) is 1. The highest BCUT2D eigenvalue weighted by atomic mass is 16.1. The van der Waals surface area contributed by atoms with E-state index in [4.69, 9.17) is 5.26 Å². The first-order valence-electron chi connectivity index (χ1n) is 7.30. The molecule has 0 heterocycles. The van der Waals surface area contributed by atoms with Crippen molar-refractivity contribution in [2.24, 2.45) is 0 Å². The summed E-state index contributed by atoms with van der Waals surface area (Å²) in [5.74, 6) is -0.0545. The van der Waals surface area contributed by atoms with E-state index in [1.54, 1.807) is 0 Å². The van der Waals surface area contributed by atoms with Gasteiger partial charge in [-0.25, -0.2) is 0 Å². The minimum Gasteiger partial charge on any atom is -0.387 e. The first kappa shape index (κ1) is 15.1. The number of nitriles is 1. The molecule has 1 aliphatic rings. The fraction of sp³-hybridized carbons (Fsp3) is 0.412. The predicted molar refractivity (Wildman–Crippen MR) is 83.8 cm³/mol. The van der Waals surface area contributed by atoms with Crippen LogP contribution in [0.5, 0.6) is 0 Å². The number of carbonyl (C=O) groups excluding carboxylic acids is 1. The Bertz CT molecular complexity index is 607. The largest absolute Gasteiger partial charge is 0.387 e. The Kier molecular flexibility index (Phi) is 4.64. The van der Waals surface area contributed by atoms with Crippen molar-refractivity contribution in [3.05, 3.63) is 41.1 Å². The third-order valence-corrected chi connectivity index (χ3v) is 3.57. The Hall–Kier alpha value is -2.28. The monoisotopic (exact) mass is 283 g/mol. The zero-order chi connectivity index (χ0) is 15.4. The molecule has 110 valence electrons. The molecule has 2 N–H and O–H groups in total. The summed E-state index contributed by atoms with van der Waals surface area (Å²) in [7, 11) is 0. The van der Waals surface area contributed by atoms with Crippen molar-refractivity contribution in [2.75, 3.05) is 5.32 Å². The Balaban J connectivity index is 2.18. The Morgan fingerprint density at radius 1 is 1.43 bits per heavy atom. The maximum atomic E-state index is 12.3. The molecule has 0 radical (unpaired) electrons. The normalized spacial score (nSPS) is 14.7. The topological polar surface area (TPSA) is 64.9 Å². The second-order valence-corrected chi connectivity index (χ2v) is 5.76. The minimum absolute atomic E-state index is 0.111. The molecule has 1 fully saturated rings. The summed E-state index contributed by atoms with van der Waals surface area (Å²) in [6.45, 7) is 6.12. The highest BCUT2D eigenvalue weighted by Gasteiger charge is 2.20. The molecule has 0 unspecified atom stereocenters. The van der Waals surface area contributed by atoms with Gasteiger partial charge < -0.3 is 10.6 Å².